The van der Waals surface area contributed by atoms with Crippen LogP contribution in [0, 0.1) is 0 Å². The van der Waals surface area contributed by atoms with E-state index in [1.54, 1.807) is 0 Å². The fourth-order valence-corrected chi connectivity index (χ4v) is 1.95. The van der Waals surface area contributed by atoms with Crippen molar-refractivity contribution >= 4 is 48.2 Å². The molecule has 4 amide bonds. The minimum atomic E-state index is -1.67. The summed E-state index contributed by atoms with van der Waals surface area (Å²) in [5.41, 5.74) is 10.3. The number of thiol groups is 1. The van der Waals surface area contributed by atoms with Crippen molar-refractivity contribution in [3.05, 3.63) is 0 Å². The Morgan fingerprint density at radius 2 is 1.52 bits per heavy atom. The van der Waals surface area contributed by atoms with E-state index in [9.17, 15) is 28.8 Å². The number of carboxylic acids is 2. The van der Waals surface area contributed by atoms with E-state index in [1.807, 2.05) is 5.32 Å². The smallest absolute Gasteiger partial charge is 0.326 e. The summed E-state index contributed by atoms with van der Waals surface area (Å²) in [6.45, 7) is -0.671. The van der Waals surface area contributed by atoms with Gasteiger partial charge in [0, 0.05) is 5.75 Å². The van der Waals surface area contributed by atoms with Crippen LogP contribution in [0.25, 0.3) is 0 Å². The highest BCUT2D eigenvalue weighted by molar-refractivity contribution is 7.80. The average Bonchev–Trinajstić information content (AvgIpc) is 2.55. The number of carboxylic acid groups (broad SMARTS) is 2. The molecule has 0 saturated heterocycles. The first-order chi connectivity index (χ1) is 12.5. The Balaban J connectivity index is 4.60. The zero-order valence-corrected chi connectivity index (χ0v) is 14.9. The summed E-state index contributed by atoms with van der Waals surface area (Å²) in [7, 11) is 0. The van der Waals surface area contributed by atoms with Gasteiger partial charge in [0.25, 0.3) is 0 Å². The van der Waals surface area contributed by atoms with Gasteiger partial charge in [0.2, 0.25) is 23.6 Å². The molecule has 14 heteroatoms. The number of nitrogens with two attached hydrogens (primary N) is 2. The maximum absolute atomic E-state index is 12.0. The number of carbonyl (C=O) groups is 6. The van der Waals surface area contributed by atoms with E-state index in [1.165, 1.54) is 0 Å². The van der Waals surface area contributed by atoms with Crippen LogP contribution in [-0.2, 0) is 28.8 Å². The number of carbonyl (C=O) groups excluding carboxylic acids is 4. The van der Waals surface area contributed by atoms with Crippen LogP contribution in [0.15, 0.2) is 0 Å². The number of amides is 4. The van der Waals surface area contributed by atoms with Gasteiger partial charge in [-0.05, 0) is 0 Å². The summed E-state index contributed by atoms with van der Waals surface area (Å²) in [5.74, 6) is -6.58. The fourth-order valence-electron chi connectivity index (χ4n) is 1.69. The third-order valence-corrected chi connectivity index (χ3v) is 3.37. The molecule has 0 aromatic rings. The normalized spacial score (nSPS) is 13.6. The van der Waals surface area contributed by atoms with Gasteiger partial charge in [0.15, 0.2) is 0 Å². The van der Waals surface area contributed by atoms with Crippen LogP contribution in [0.4, 0.5) is 0 Å². The first-order valence-corrected chi connectivity index (χ1v) is 8.07. The number of rotatable bonds is 12. The second kappa shape index (κ2) is 11.7. The first kappa shape index (κ1) is 24.1. The topological polar surface area (TPSA) is 231 Å². The second-order valence-electron chi connectivity index (χ2n) is 5.29. The van der Waals surface area contributed by atoms with E-state index in [-0.39, 0.29) is 5.75 Å². The predicted molar refractivity (Wildman–Crippen MR) is 92.4 cm³/mol. The monoisotopic (exact) mass is 407 g/mol. The molecule has 27 heavy (non-hydrogen) atoms. The Labute approximate surface area is 158 Å². The largest absolute Gasteiger partial charge is 0.481 e. The highest BCUT2D eigenvalue weighted by atomic mass is 32.1. The van der Waals surface area contributed by atoms with Gasteiger partial charge in [0.1, 0.15) is 12.1 Å². The van der Waals surface area contributed by atoms with E-state index >= 15 is 0 Å². The van der Waals surface area contributed by atoms with Crippen molar-refractivity contribution in [2.24, 2.45) is 11.5 Å². The average molecular weight is 407 g/mol. The molecule has 0 aliphatic rings. The molecule has 3 unspecified atom stereocenters. The van der Waals surface area contributed by atoms with E-state index in [0.717, 1.165) is 0 Å². The number of primary amides is 1. The van der Waals surface area contributed by atoms with E-state index < -0.39 is 73.1 Å². The van der Waals surface area contributed by atoms with Crippen LogP contribution in [0.1, 0.15) is 12.8 Å². The minimum absolute atomic E-state index is 0.167. The number of nitrogens with one attached hydrogen (secondary N) is 3. The van der Waals surface area contributed by atoms with Gasteiger partial charge in [-0.2, -0.15) is 12.6 Å². The molecule has 13 nitrogen and oxygen atoms in total. The molecule has 0 aliphatic carbocycles. The summed E-state index contributed by atoms with van der Waals surface area (Å²) in [5, 5.41) is 23.7. The molecule has 0 aromatic heterocycles. The van der Waals surface area contributed by atoms with Crippen LogP contribution in [0.3, 0.4) is 0 Å². The molecule has 0 rings (SSSR count). The first-order valence-electron chi connectivity index (χ1n) is 7.44. The van der Waals surface area contributed by atoms with Gasteiger partial charge in [-0.1, -0.05) is 0 Å². The summed E-state index contributed by atoms with van der Waals surface area (Å²) >= 11 is 3.88. The maximum atomic E-state index is 12.0. The Morgan fingerprint density at radius 3 is 1.96 bits per heavy atom. The van der Waals surface area contributed by atoms with Gasteiger partial charge in [-0.15, -0.1) is 0 Å². The minimum Gasteiger partial charge on any atom is -0.481 e. The number of hydrogen-bond donors (Lipinski definition) is 8. The maximum Gasteiger partial charge on any atom is 0.326 e. The van der Waals surface area contributed by atoms with Gasteiger partial charge in [-0.3, -0.25) is 24.0 Å². The van der Waals surface area contributed by atoms with Gasteiger partial charge < -0.3 is 37.6 Å². The predicted octanol–water partition coefficient (Wildman–Crippen LogP) is -4.24. The van der Waals surface area contributed by atoms with E-state index in [0.29, 0.717) is 0 Å². The van der Waals surface area contributed by atoms with E-state index in [4.69, 9.17) is 21.7 Å². The molecular weight excluding hydrogens is 386 g/mol. The lowest BCUT2D eigenvalue weighted by Gasteiger charge is -2.19. The lowest BCUT2D eigenvalue weighted by atomic mass is 10.2. The van der Waals surface area contributed by atoms with Crippen molar-refractivity contribution in [1.29, 1.82) is 0 Å². The lowest BCUT2D eigenvalue weighted by molar-refractivity contribution is -0.147. The fraction of sp³-hybridized carbons (Fsp3) is 0.538. The molecule has 0 aromatic carbocycles. The second-order valence-corrected chi connectivity index (χ2v) is 5.66. The molecule has 0 saturated carbocycles. The summed E-state index contributed by atoms with van der Waals surface area (Å²) < 4.78 is 0. The summed E-state index contributed by atoms with van der Waals surface area (Å²) in [6.07, 6.45) is -1.28. The SMILES string of the molecule is NC(=O)CC(N)C(=O)NC(CS)C(=O)NCC(=O)NC(CC(=O)O)C(=O)O. The zero-order chi connectivity index (χ0) is 21.1. The van der Waals surface area contributed by atoms with Crippen LogP contribution in [-0.4, -0.2) is 76.2 Å². The highest BCUT2D eigenvalue weighted by Crippen LogP contribution is 1.95. The van der Waals surface area contributed by atoms with Crippen molar-refractivity contribution in [2.75, 3.05) is 12.3 Å². The molecule has 0 radical (unpaired) electrons. The molecule has 0 bridgehead atoms. The molecule has 3 atom stereocenters. The van der Waals surface area contributed by atoms with Gasteiger partial charge in [-0.25, -0.2) is 4.79 Å². The summed E-state index contributed by atoms with van der Waals surface area (Å²) in [6, 6.07) is -4.13. The third kappa shape index (κ3) is 10.0. The van der Waals surface area contributed by atoms with E-state index in [2.05, 4.69) is 23.3 Å². The molecule has 152 valence electrons. The van der Waals surface area contributed by atoms with Crippen LogP contribution in [0.5, 0.6) is 0 Å². The van der Waals surface area contributed by atoms with Crippen molar-refractivity contribution in [3.8, 4) is 0 Å². The summed E-state index contributed by atoms with van der Waals surface area (Å²) in [4.78, 5) is 67.5. The molecule has 0 heterocycles. The van der Waals surface area contributed by atoms with Crippen LogP contribution >= 0.6 is 12.6 Å². The zero-order valence-electron chi connectivity index (χ0n) is 14.0. The van der Waals surface area contributed by atoms with Gasteiger partial charge in [0.05, 0.1) is 25.4 Å². The number of hydrogen-bond acceptors (Lipinski definition) is 8. The van der Waals surface area contributed by atoms with Crippen LogP contribution < -0.4 is 27.4 Å². The van der Waals surface area contributed by atoms with Crippen molar-refractivity contribution in [2.45, 2.75) is 31.0 Å². The third-order valence-electron chi connectivity index (χ3n) is 3.01. The Morgan fingerprint density at radius 1 is 0.926 bits per heavy atom. The number of aliphatic carboxylic acids is 2. The van der Waals surface area contributed by atoms with Crippen LogP contribution in [0.2, 0.25) is 0 Å². The van der Waals surface area contributed by atoms with Crippen molar-refractivity contribution in [1.82, 2.24) is 16.0 Å². The standard InChI is InChI=1S/C13H21N5O8S/c14-5(1-8(15)19)11(23)18-7(4-27)12(24)16-3-9(20)17-6(13(25)26)2-10(21)22/h5-7,27H,1-4,14H2,(H2,15,19)(H,16,24)(H,17,20)(H,18,23)(H,21,22)(H,25,26). The molecule has 0 spiro atoms. The molecule has 0 fully saturated rings. The Kier molecular flexibility index (Phi) is 10.4. The lowest BCUT2D eigenvalue weighted by Crippen LogP contribution is -2.54. The highest BCUT2D eigenvalue weighted by Gasteiger charge is 2.25. The van der Waals surface area contributed by atoms with Crippen molar-refractivity contribution < 1.29 is 39.0 Å². The quantitative estimate of drug-likeness (QED) is 0.146. The molecule has 0 aliphatic heterocycles. The molecule has 9 N–H and O–H groups in total. The molecular formula is C13H21N5O8S. The van der Waals surface area contributed by atoms with Gasteiger partial charge >= 0.3 is 11.9 Å². The Bertz CT molecular complexity index is 614. The van der Waals surface area contributed by atoms with Crippen molar-refractivity contribution in [3.63, 3.8) is 0 Å². The Hall–Kier alpha value is -2.87.